The Morgan fingerprint density at radius 1 is 1.00 bits per heavy atom. The van der Waals surface area contributed by atoms with E-state index in [9.17, 15) is 9.59 Å². The van der Waals surface area contributed by atoms with E-state index in [-0.39, 0.29) is 16.9 Å². The third kappa shape index (κ3) is 6.30. The Hall–Kier alpha value is -2.04. The van der Waals surface area contributed by atoms with Gasteiger partial charge in [-0.3, -0.25) is 4.79 Å². The summed E-state index contributed by atoms with van der Waals surface area (Å²) in [6.07, 6.45) is 0. The van der Waals surface area contributed by atoms with Gasteiger partial charge in [0.1, 0.15) is 6.04 Å². The lowest BCUT2D eigenvalue weighted by Gasteiger charge is -2.25. The fourth-order valence-electron chi connectivity index (χ4n) is 2.14. The summed E-state index contributed by atoms with van der Waals surface area (Å²) in [7, 11) is 0. The van der Waals surface area contributed by atoms with E-state index in [1.807, 2.05) is 45.0 Å². The van der Waals surface area contributed by atoms with Crippen LogP contribution in [0.5, 0.6) is 0 Å². The molecule has 5 heteroatoms. The van der Waals surface area contributed by atoms with Gasteiger partial charge in [-0.1, -0.05) is 39.0 Å². The summed E-state index contributed by atoms with van der Waals surface area (Å²) in [5.41, 5.74) is 1.38. The number of rotatable bonds is 3. The Balaban J connectivity index is 2.73. The van der Waals surface area contributed by atoms with Crippen molar-refractivity contribution in [3.63, 3.8) is 0 Å². The van der Waals surface area contributed by atoms with Crippen molar-refractivity contribution in [2.24, 2.45) is 0 Å². The highest BCUT2D eigenvalue weighted by molar-refractivity contribution is 5.94. The Morgan fingerprint density at radius 3 is 2.09 bits per heavy atom. The van der Waals surface area contributed by atoms with Crippen molar-refractivity contribution in [2.45, 2.75) is 65.5 Å². The van der Waals surface area contributed by atoms with Crippen LogP contribution in [0.3, 0.4) is 0 Å². The summed E-state index contributed by atoms with van der Waals surface area (Å²) >= 11 is 0. The first kappa shape index (κ1) is 19.0. The number of anilines is 1. The number of nitrogens with one attached hydrogen (secondary N) is 3. The molecule has 0 spiro atoms. The zero-order valence-corrected chi connectivity index (χ0v) is 15.2. The van der Waals surface area contributed by atoms with Crippen molar-refractivity contribution in [3.05, 3.63) is 29.8 Å². The number of hydrogen-bond acceptors (Lipinski definition) is 2. The van der Waals surface area contributed by atoms with Gasteiger partial charge in [0.25, 0.3) is 0 Å². The maximum absolute atomic E-state index is 12.2. The van der Waals surface area contributed by atoms with E-state index < -0.39 is 12.1 Å². The third-order valence-electron chi connectivity index (χ3n) is 3.22. The molecule has 1 aromatic rings. The number of amides is 3. The SMILES string of the molecule is CC(NC(=O)Nc1ccccc1C(C)(C)C)C(=O)NC(C)(C)C. The van der Waals surface area contributed by atoms with Crippen LogP contribution >= 0.6 is 0 Å². The summed E-state index contributed by atoms with van der Waals surface area (Å²) in [5, 5.41) is 8.35. The molecule has 0 fully saturated rings. The molecule has 3 amide bonds. The van der Waals surface area contributed by atoms with Crippen LogP contribution in [-0.4, -0.2) is 23.5 Å². The lowest BCUT2D eigenvalue weighted by molar-refractivity contribution is -0.123. The molecule has 1 unspecified atom stereocenters. The van der Waals surface area contributed by atoms with Gasteiger partial charge in [-0.05, 0) is 44.7 Å². The maximum atomic E-state index is 12.2. The van der Waals surface area contributed by atoms with Crippen LogP contribution in [-0.2, 0) is 10.2 Å². The monoisotopic (exact) mass is 319 g/mol. The summed E-state index contributed by atoms with van der Waals surface area (Å²) in [6, 6.07) is 6.67. The molecule has 0 saturated heterocycles. The van der Waals surface area contributed by atoms with Crippen molar-refractivity contribution in [1.29, 1.82) is 0 Å². The van der Waals surface area contributed by atoms with Gasteiger partial charge in [0.2, 0.25) is 5.91 Å². The van der Waals surface area contributed by atoms with Crippen LogP contribution in [0.2, 0.25) is 0 Å². The van der Waals surface area contributed by atoms with E-state index in [0.29, 0.717) is 0 Å². The first-order valence-electron chi connectivity index (χ1n) is 7.89. The minimum Gasteiger partial charge on any atom is -0.350 e. The van der Waals surface area contributed by atoms with E-state index in [2.05, 4.69) is 36.7 Å². The fraction of sp³-hybridized carbons (Fsp3) is 0.556. The quantitative estimate of drug-likeness (QED) is 0.799. The first-order chi connectivity index (χ1) is 10.4. The number of para-hydroxylation sites is 1. The minimum absolute atomic E-state index is 0.0842. The standard InChI is InChI=1S/C18H29N3O2/c1-12(15(22)21-18(5,6)7)19-16(23)20-14-11-9-8-10-13(14)17(2,3)4/h8-12H,1-7H3,(H,21,22)(H2,19,20,23). The van der Waals surface area contributed by atoms with Gasteiger partial charge in [-0.2, -0.15) is 0 Å². The van der Waals surface area contributed by atoms with Gasteiger partial charge in [0.15, 0.2) is 0 Å². The number of hydrogen-bond donors (Lipinski definition) is 3. The highest BCUT2D eigenvalue weighted by Crippen LogP contribution is 2.29. The molecule has 0 radical (unpaired) electrons. The topological polar surface area (TPSA) is 70.2 Å². The average molecular weight is 319 g/mol. The first-order valence-corrected chi connectivity index (χ1v) is 7.89. The normalized spacial score (nSPS) is 13.2. The number of benzene rings is 1. The second-order valence-corrected chi connectivity index (χ2v) is 7.85. The van der Waals surface area contributed by atoms with Gasteiger partial charge in [-0.15, -0.1) is 0 Å². The molecule has 0 saturated carbocycles. The molecule has 0 bridgehead atoms. The molecule has 23 heavy (non-hydrogen) atoms. The zero-order valence-electron chi connectivity index (χ0n) is 15.2. The zero-order chi connectivity index (χ0) is 17.8. The fourth-order valence-corrected chi connectivity index (χ4v) is 2.14. The molecule has 5 nitrogen and oxygen atoms in total. The van der Waals surface area contributed by atoms with Crippen molar-refractivity contribution in [1.82, 2.24) is 10.6 Å². The minimum atomic E-state index is -0.615. The highest BCUT2D eigenvalue weighted by Gasteiger charge is 2.22. The van der Waals surface area contributed by atoms with E-state index in [1.54, 1.807) is 6.92 Å². The Bertz CT molecular complexity index is 568. The molecule has 1 aromatic carbocycles. The van der Waals surface area contributed by atoms with Crippen LogP contribution in [0.1, 0.15) is 54.0 Å². The van der Waals surface area contributed by atoms with E-state index >= 15 is 0 Å². The predicted octanol–water partition coefficient (Wildman–Crippen LogP) is 3.41. The summed E-state index contributed by atoms with van der Waals surface area (Å²) in [4.78, 5) is 24.2. The molecular formula is C18H29N3O2. The molecule has 1 rings (SSSR count). The maximum Gasteiger partial charge on any atom is 0.319 e. The van der Waals surface area contributed by atoms with Gasteiger partial charge >= 0.3 is 6.03 Å². The van der Waals surface area contributed by atoms with Crippen LogP contribution in [0.4, 0.5) is 10.5 Å². The summed E-state index contributed by atoms with van der Waals surface area (Å²) in [6.45, 7) is 13.6. The molecule has 1 atom stereocenters. The Labute approximate surface area is 139 Å². The van der Waals surface area contributed by atoms with Crippen molar-refractivity contribution in [3.8, 4) is 0 Å². The number of urea groups is 1. The van der Waals surface area contributed by atoms with E-state index in [4.69, 9.17) is 0 Å². The largest absolute Gasteiger partial charge is 0.350 e. The third-order valence-corrected chi connectivity index (χ3v) is 3.22. The summed E-state index contributed by atoms with van der Waals surface area (Å²) in [5.74, 6) is -0.211. The summed E-state index contributed by atoms with van der Waals surface area (Å²) < 4.78 is 0. The van der Waals surface area contributed by atoms with Gasteiger partial charge < -0.3 is 16.0 Å². The highest BCUT2D eigenvalue weighted by atomic mass is 16.2. The lowest BCUT2D eigenvalue weighted by Crippen LogP contribution is -2.51. The van der Waals surface area contributed by atoms with Crippen LogP contribution in [0.15, 0.2) is 24.3 Å². The van der Waals surface area contributed by atoms with Gasteiger partial charge in [-0.25, -0.2) is 4.79 Å². The number of carbonyl (C=O) groups excluding carboxylic acids is 2. The van der Waals surface area contributed by atoms with E-state index in [0.717, 1.165) is 11.3 Å². The van der Waals surface area contributed by atoms with Gasteiger partial charge in [0.05, 0.1) is 0 Å². The van der Waals surface area contributed by atoms with Gasteiger partial charge in [0, 0.05) is 11.2 Å². The molecule has 0 heterocycles. The van der Waals surface area contributed by atoms with Crippen LogP contribution < -0.4 is 16.0 Å². The molecule has 0 aliphatic rings. The van der Waals surface area contributed by atoms with Crippen LogP contribution in [0.25, 0.3) is 0 Å². The molecule has 3 N–H and O–H groups in total. The molecule has 0 aliphatic carbocycles. The molecule has 0 aromatic heterocycles. The smallest absolute Gasteiger partial charge is 0.319 e. The predicted molar refractivity (Wildman–Crippen MR) is 94.7 cm³/mol. The van der Waals surface area contributed by atoms with Crippen LogP contribution in [0, 0.1) is 0 Å². The molecule has 0 aliphatic heterocycles. The van der Waals surface area contributed by atoms with E-state index in [1.165, 1.54) is 0 Å². The van der Waals surface area contributed by atoms with Crippen molar-refractivity contribution in [2.75, 3.05) is 5.32 Å². The Kier molecular flexibility index (Phi) is 5.81. The Morgan fingerprint density at radius 2 is 1.57 bits per heavy atom. The second kappa shape index (κ2) is 7.02. The average Bonchev–Trinajstić information content (AvgIpc) is 2.35. The molecular weight excluding hydrogens is 290 g/mol. The second-order valence-electron chi connectivity index (χ2n) is 7.85. The van der Waals surface area contributed by atoms with Crippen molar-refractivity contribution >= 4 is 17.6 Å². The van der Waals surface area contributed by atoms with Crippen molar-refractivity contribution < 1.29 is 9.59 Å². The number of carbonyl (C=O) groups is 2. The lowest BCUT2D eigenvalue weighted by atomic mass is 9.86. The molecule has 128 valence electrons.